The minimum Gasteiger partial charge on any atom is -0.497 e. The number of methoxy groups -OCH3 is 1. The van der Waals surface area contributed by atoms with Gasteiger partial charge in [-0.1, -0.05) is 31.1 Å². The normalized spacial score (nSPS) is 18.7. The van der Waals surface area contributed by atoms with Crippen molar-refractivity contribution in [3.8, 4) is 5.75 Å². The van der Waals surface area contributed by atoms with Crippen molar-refractivity contribution in [3.63, 3.8) is 0 Å². The zero-order valence-electron chi connectivity index (χ0n) is 19.2. The Balaban J connectivity index is 1.45. The topological polar surface area (TPSA) is 93.4 Å². The molecule has 8 heteroatoms. The number of benzene rings is 1. The number of hydrogen-bond donors (Lipinski definition) is 1. The fourth-order valence-corrected chi connectivity index (χ4v) is 4.49. The van der Waals surface area contributed by atoms with Crippen molar-refractivity contribution in [3.05, 3.63) is 41.3 Å². The largest absolute Gasteiger partial charge is 0.497 e. The lowest BCUT2D eigenvalue weighted by molar-refractivity contribution is -0.121. The van der Waals surface area contributed by atoms with Crippen LogP contribution in [0.25, 0.3) is 11.1 Å². The molecular formula is C24H31N5O3. The Bertz CT molecular complexity index is 1090. The van der Waals surface area contributed by atoms with Crippen molar-refractivity contribution in [2.75, 3.05) is 25.1 Å². The van der Waals surface area contributed by atoms with Gasteiger partial charge in [-0.05, 0) is 42.9 Å². The molecule has 32 heavy (non-hydrogen) atoms. The molecule has 2 aromatic heterocycles. The van der Waals surface area contributed by atoms with Crippen LogP contribution in [0.5, 0.6) is 5.75 Å². The predicted molar refractivity (Wildman–Crippen MR) is 123 cm³/mol. The van der Waals surface area contributed by atoms with E-state index in [1.54, 1.807) is 7.11 Å². The van der Waals surface area contributed by atoms with Crippen LogP contribution in [-0.2, 0) is 17.8 Å². The maximum atomic E-state index is 12.4. The number of aryl methyl sites for hydroxylation is 2. The van der Waals surface area contributed by atoms with E-state index >= 15 is 0 Å². The van der Waals surface area contributed by atoms with Crippen LogP contribution in [0.1, 0.15) is 43.8 Å². The summed E-state index contributed by atoms with van der Waals surface area (Å²) in [7, 11) is 1.63. The average molecular weight is 438 g/mol. The highest BCUT2D eigenvalue weighted by molar-refractivity contribution is 5.88. The second-order valence-corrected chi connectivity index (χ2v) is 8.89. The van der Waals surface area contributed by atoms with Gasteiger partial charge in [0.15, 0.2) is 0 Å². The van der Waals surface area contributed by atoms with Gasteiger partial charge in [0.25, 0.3) is 5.71 Å². The molecule has 1 aliphatic heterocycles. The predicted octanol–water partition coefficient (Wildman–Crippen LogP) is 3.67. The number of carbonyl (C=O) groups excluding carboxylic acids is 1. The number of hydrogen-bond acceptors (Lipinski definition) is 7. The number of aromatic nitrogens is 3. The number of anilines is 1. The molecule has 0 unspecified atom stereocenters. The summed E-state index contributed by atoms with van der Waals surface area (Å²) < 4.78 is 10.7. The summed E-state index contributed by atoms with van der Waals surface area (Å²) in [5.41, 5.74) is 2.27. The third kappa shape index (κ3) is 5.00. The van der Waals surface area contributed by atoms with E-state index in [0.29, 0.717) is 42.8 Å². The first kappa shape index (κ1) is 22.0. The molecule has 1 fully saturated rings. The summed E-state index contributed by atoms with van der Waals surface area (Å²) in [6.45, 7) is 8.81. The Morgan fingerprint density at radius 3 is 2.78 bits per heavy atom. The van der Waals surface area contributed by atoms with Crippen molar-refractivity contribution < 1.29 is 14.1 Å². The van der Waals surface area contributed by atoms with Crippen LogP contribution >= 0.6 is 0 Å². The summed E-state index contributed by atoms with van der Waals surface area (Å²) >= 11 is 0. The molecular weight excluding hydrogens is 406 g/mol. The number of fused-ring (bicyclic) bond motifs is 1. The van der Waals surface area contributed by atoms with Crippen molar-refractivity contribution in [2.45, 2.75) is 46.6 Å². The zero-order valence-corrected chi connectivity index (χ0v) is 19.2. The highest BCUT2D eigenvalue weighted by Crippen LogP contribution is 2.32. The maximum absolute atomic E-state index is 12.4. The summed E-state index contributed by atoms with van der Waals surface area (Å²) in [6, 6.07) is 7.66. The zero-order chi connectivity index (χ0) is 22.7. The quantitative estimate of drug-likeness (QED) is 0.603. The van der Waals surface area contributed by atoms with Gasteiger partial charge in [-0.15, -0.1) is 0 Å². The smallest absolute Gasteiger partial charge is 0.263 e. The van der Waals surface area contributed by atoms with Gasteiger partial charge in [0.2, 0.25) is 5.91 Å². The van der Waals surface area contributed by atoms with E-state index in [1.807, 2.05) is 31.2 Å². The van der Waals surface area contributed by atoms with Gasteiger partial charge < -0.3 is 19.5 Å². The van der Waals surface area contributed by atoms with Gasteiger partial charge in [0.05, 0.1) is 12.8 Å². The van der Waals surface area contributed by atoms with Crippen molar-refractivity contribution in [2.24, 2.45) is 11.8 Å². The van der Waals surface area contributed by atoms with Gasteiger partial charge >= 0.3 is 0 Å². The number of amides is 1. The summed E-state index contributed by atoms with van der Waals surface area (Å²) in [6.07, 6.45) is 1.95. The molecule has 1 aromatic carbocycles. The standard InChI is InChI=1S/C24H31N5O3/c1-15-10-16(2)14-29(13-15)23-22-17(3)28-32-24(22)27-20(26-23)8-9-21(30)25-12-18-6-5-7-19(11-18)31-4/h5-7,11,15-16H,8-10,12-14H2,1-4H3,(H,25,30)/t15-,16+. The van der Waals surface area contributed by atoms with Gasteiger partial charge in [-0.3, -0.25) is 4.79 Å². The Morgan fingerprint density at radius 2 is 2.03 bits per heavy atom. The molecule has 1 saturated heterocycles. The van der Waals surface area contributed by atoms with Gasteiger partial charge in [-0.25, -0.2) is 4.98 Å². The molecule has 4 rings (SSSR count). The fourth-order valence-electron chi connectivity index (χ4n) is 4.49. The van der Waals surface area contributed by atoms with E-state index in [9.17, 15) is 4.79 Å². The molecule has 0 radical (unpaired) electrons. The number of ether oxygens (including phenoxy) is 1. The Hall–Kier alpha value is -3.16. The average Bonchev–Trinajstić information content (AvgIpc) is 3.16. The third-order valence-electron chi connectivity index (χ3n) is 5.90. The van der Waals surface area contributed by atoms with Crippen LogP contribution in [0.3, 0.4) is 0 Å². The van der Waals surface area contributed by atoms with E-state index in [4.69, 9.17) is 14.2 Å². The van der Waals surface area contributed by atoms with Crippen LogP contribution in [0.2, 0.25) is 0 Å². The van der Waals surface area contributed by atoms with E-state index in [2.05, 4.69) is 34.2 Å². The molecule has 0 saturated carbocycles. The molecule has 3 heterocycles. The fraction of sp³-hybridized carbons (Fsp3) is 0.500. The number of carbonyl (C=O) groups is 1. The van der Waals surface area contributed by atoms with E-state index in [0.717, 1.165) is 41.3 Å². The van der Waals surface area contributed by atoms with Gasteiger partial charge in [0.1, 0.15) is 22.8 Å². The summed E-state index contributed by atoms with van der Waals surface area (Å²) in [5, 5.41) is 7.94. The SMILES string of the molecule is COc1cccc(CNC(=O)CCc2nc(N3C[C@H](C)C[C@H](C)C3)c3c(C)noc3n2)c1. The molecule has 2 atom stereocenters. The molecule has 0 bridgehead atoms. The van der Waals surface area contributed by atoms with Crippen LogP contribution < -0.4 is 15.0 Å². The molecule has 170 valence electrons. The number of nitrogens with one attached hydrogen (secondary N) is 1. The van der Waals surface area contributed by atoms with E-state index < -0.39 is 0 Å². The molecule has 3 aromatic rings. The van der Waals surface area contributed by atoms with Crippen molar-refractivity contribution >= 4 is 22.8 Å². The lowest BCUT2D eigenvalue weighted by Crippen LogP contribution is -2.39. The minimum absolute atomic E-state index is 0.0490. The van der Waals surface area contributed by atoms with Crippen LogP contribution in [-0.4, -0.2) is 41.2 Å². The first-order valence-corrected chi connectivity index (χ1v) is 11.2. The van der Waals surface area contributed by atoms with Crippen molar-refractivity contribution in [1.29, 1.82) is 0 Å². The molecule has 0 aliphatic carbocycles. The Labute approximate surface area is 188 Å². The first-order chi connectivity index (χ1) is 15.4. The highest BCUT2D eigenvalue weighted by Gasteiger charge is 2.27. The van der Waals surface area contributed by atoms with E-state index in [-0.39, 0.29) is 5.91 Å². The van der Waals surface area contributed by atoms with Gasteiger partial charge in [-0.2, -0.15) is 4.98 Å². The summed E-state index contributed by atoms with van der Waals surface area (Å²) in [4.78, 5) is 24.2. The second-order valence-electron chi connectivity index (χ2n) is 8.89. The molecule has 1 N–H and O–H groups in total. The second kappa shape index (κ2) is 9.54. The first-order valence-electron chi connectivity index (χ1n) is 11.2. The maximum Gasteiger partial charge on any atom is 0.263 e. The molecule has 8 nitrogen and oxygen atoms in total. The van der Waals surface area contributed by atoms with Crippen LogP contribution in [0.4, 0.5) is 5.82 Å². The van der Waals surface area contributed by atoms with E-state index in [1.165, 1.54) is 6.42 Å². The lowest BCUT2D eigenvalue weighted by atomic mass is 9.92. The molecule has 1 aliphatic rings. The lowest BCUT2D eigenvalue weighted by Gasteiger charge is -2.36. The molecule has 0 spiro atoms. The minimum atomic E-state index is -0.0490. The van der Waals surface area contributed by atoms with Crippen LogP contribution in [0.15, 0.2) is 28.8 Å². The number of rotatable bonds is 7. The Kier molecular flexibility index (Phi) is 6.58. The Morgan fingerprint density at radius 1 is 1.25 bits per heavy atom. The van der Waals surface area contributed by atoms with Crippen LogP contribution in [0, 0.1) is 18.8 Å². The number of piperidine rings is 1. The molecule has 1 amide bonds. The number of nitrogens with zero attached hydrogens (tertiary/aromatic N) is 4. The highest BCUT2D eigenvalue weighted by atomic mass is 16.5. The van der Waals surface area contributed by atoms with Gasteiger partial charge in [0, 0.05) is 32.5 Å². The van der Waals surface area contributed by atoms with Crippen molar-refractivity contribution in [1.82, 2.24) is 20.4 Å². The summed E-state index contributed by atoms with van der Waals surface area (Å²) in [5.74, 6) is 3.39. The monoisotopic (exact) mass is 437 g/mol. The third-order valence-corrected chi connectivity index (χ3v) is 5.90.